The fourth-order valence-corrected chi connectivity index (χ4v) is 2.44. The Bertz CT molecular complexity index is 892. The normalized spacial score (nSPS) is 11.0. The zero-order chi connectivity index (χ0) is 15.0. The minimum atomic E-state index is -0.597. The van der Waals surface area contributed by atoms with Gasteiger partial charge < -0.3 is 0 Å². The van der Waals surface area contributed by atoms with Crippen molar-refractivity contribution in [2.45, 2.75) is 6.54 Å². The van der Waals surface area contributed by atoms with Gasteiger partial charge in [0.05, 0.1) is 28.8 Å². The maximum absolute atomic E-state index is 13.4. The summed E-state index contributed by atoms with van der Waals surface area (Å²) < 4.78 is 14.8. The van der Waals surface area contributed by atoms with Gasteiger partial charge >= 0.3 is 0 Å². The molecule has 1 heterocycles. The molecule has 1 aromatic heterocycles. The summed E-state index contributed by atoms with van der Waals surface area (Å²) in [6.45, 7) is 0.288. The van der Waals surface area contributed by atoms with E-state index in [0.717, 1.165) is 11.6 Å². The van der Waals surface area contributed by atoms with Crippen LogP contribution in [0.2, 0.25) is 10.0 Å². The first-order chi connectivity index (χ1) is 10.1. The molecule has 0 aliphatic rings. The third-order valence-corrected chi connectivity index (χ3v) is 3.82. The van der Waals surface area contributed by atoms with E-state index in [9.17, 15) is 9.18 Å². The fraction of sp³-hybridized carbons (Fsp3) is 0.0667. The highest BCUT2D eigenvalue weighted by molar-refractivity contribution is 6.31. The van der Waals surface area contributed by atoms with Crippen molar-refractivity contribution in [1.29, 1.82) is 0 Å². The van der Waals surface area contributed by atoms with E-state index in [1.54, 1.807) is 6.07 Å². The topological polar surface area (TPSA) is 34.9 Å². The van der Waals surface area contributed by atoms with E-state index >= 15 is 0 Å². The van der Waals surface area contributed by atoms with E-state index in [1.807, 2.05) is 18.2 Å². The molecule has 0 amide bonds. The second-order valence-corrected chi connectivity index (χ2v) is 5.37. The van der Waals surface area contributed by atoms with Crippen LogP contribution in [0.25, 0.3) is 10.9 Å². The quantitative estimate of drug-likeness (QED) is 0.717. The standard InChI is InChI=1S/C15H9Cl2FN2O/c16-11-4-2-1-3-9(11)7-20-8-19-14-6-13(18)12(17)5-10(14)15(20)21/h1-6,8H,7H2. The van der Waals surface area contributed by atoms with Crippen molar-refractivity contribution in [3.63, 3.8) is 0 Å². The Labute approximate surface area is 129 Å². The highest BCUT2D eigenvalue weighted by atomic mass is 35.5. The van der Waals surface area contributed by atoms with Crippen LogP contribution in [0.5, 0.6) is 0 Å². The SMILES string of the molecule is O=c1c2cc(Cl)c(F)cc2ncn1Cc1ccccc1Cl. The third-order valence-electron chi connectivity index (χ3n) is 3.16. The highest BCUT2D eigenvalue weighted by Gasteiger charge is 2.10. The molecular weight excluding hydrogens is 314 g/mol. The summed E-state index contributed by atoms with van der Waals surface area (Å²) in [7, 11) is 0. The van der Waals surface area contributed by atoms with Crippen molar-refractivity contribution >= 4 is 34.1 Å². The number of hydrogen-bond donors (Lipinski definition) is 0. The van der Waals surface area contributed by atoms with E-state index in [0.29, 0.717) is 5.02 Å². The molecule has 2 aromatic carbocycles. The molecule has 3 rings (SSSR count). The zero-order valence-electron chi connectivity index (χ0n) is 10.7. The van der Waals surface area contributed by atoms with Crippen LogP contribution in [-0.2, 0) is 6.54 Å². The molecule has 0 spiro atoms. The van der Waals surface area contributed by atoms with Crippen molar-refractivity contribution in [3.05, 3.63) is 74.5 Å². The minimum absolute atomic E-state index is 0.100. The van der Waals surface area contributed by atoms with Crippen molar-refractivity contribution in [3.8, 4) is 0 Å². The summed E-state index contributed by atoms with van der Waals surface area (Å²) in [6, 6.07) is 9.69. The Hall–Kier alpha value is -1.91. The number of benzene rings is 2. The van der Waals surface area contributed by atoms with Crippen molar-refractivity contribution in [2.75, 3.05) is 0 Å². The molecule has 3 aromatic rings. The Morgan fingerprint density at radius 1 is 1.14 bits per heavy atom. The van der Waals surface area contributed by atoms with Gasteiger partial charge in [0.15, 0.2) is 0 Å². The number of aromatic nitrogens is 2. The lowest BCUT2D eigenvalue weighted by Gasteiger charge is -2.08. The first-order valence-corrected chi connectivity index (χ1v) is 6.89. The highest BCUT2D eigenvalue weighted by Crippen LogP contribution is 2.20. The first kappa shape index (κ1) is 14.0. The molecular formula is C15H9Cl2FN2O. The molecule has 0 unspecified atom stereocenters. The average molecular weight is 323 g/mol. The number of rotatable bonds is 2. The van der Waals surface area contributed by atoms with E-state index in [4.69, 9.17) is 23.2 Å². The van der Waals surface area contributed by atoms with Gasteiger partial charge in [0.1, 0.15) is 5.82 Å². The lowest BCUT2D eigenvalue weighted by Crippen LogP contribution is -2.21. The summed E-state index contributed by atoms with van der Waals surface area (Å²) in [4.78, 5) is 16.5. The van der Waals surface area contributed by atoms with Gasteiger partial charge in [-0.15, -0.1) is 0 Å². The van der Waals surface area contributed by atoms with E-state index in [2.05, 4.69) is 4.98 Å². The van der Waals surface area contributed by atoms with Crippen LogP contribution in [0.3, 0.4) is 0 Å². The van der Waals surface area contributed by atoms with Crippen LogP contribution in [0.15, 0.2) is 47.5 Å². The second kappa shape index (κ2) is 5.47. The van der Waals surface area contributed by atoms with Crippen molar-refractivity contribution < 1.29 is 4.39 Å². The molecule has 6 heteroatoms. The Morgan fingerprint density at radius 2 is 1.90 bits per heavy atom. The first-order valence-electron chi connectivity index (χ1n) is 6.14. The summed E-state index contributed by atoms with van der Waals surface area (Å²) in [5.74, 6) is -0.597. The number of fused-ring (bicyclic) bond motifs is 1. The Kier molecular flexibility index (Phi) is 3.66. The predicted octanol–water partition coefficient (Wildman–Crippen LogP) is 3.89. The number of nitrogens with zero attached hydrogens (tertiary/aromatic N) is 2. The summed E-state index contributed by atoms with van der Waals surface area (Å²) >= 11 is 11.8. The van der Waals surface area contributed by atoms with Gasteiger partial charge in [-0.3, -0.25) is 9.36 Å². The van der Waals surface area contributed by atoms with Gasteiger partial charge in [-0.05, 0) is 17.7 Å². The van der Waals surface area contributed by atoms with Gasteiger partial charge in [0.2, 0.25) is 0 Å². The summed E-state index contributed by atoms with van der Waals surface area (Å²) in [6.07, 6.45) is 1.38. The molecule has 0 aliphatic carbocycles. The van der Waals surface area contributed by atoms with Crippen LogP contribution in [0.1, 0.15) is 5.56 Å². The molecule has 0 saturated heterocycles. The minimum Gasteiger partial charge on any atom is -0.294 e. The molecule has 21 heavy (non-hydrogen) atoms. The van der Waals surface area contributed by atoms with Gasteiger partial charge in [-0.2, -0.15) is 0 Å². The molecule has 106 valence electrons. The molecule has 0 fully saturated rings. The lowest BCUT2D eigenvalue weighted by molar-refractivity contribution is 0.629. The van der Waals surface area contributed by atoms with Crippen molar-refractivity contribution in [2.24, 2.45) is 0 Å². The Balaban J connectivity index is 2.13. The zero-order valence-corrected chi connectivity index (χ0v) is 12.2. The largest absolute Gasteiger partial charge is 0.294 e. The van der Waals surface area contributed by atoms with Gasteiger partial charge in [-0.25, -0.2) is 9.37 Å². The van der Waals surface area contributed by atoms with E-state index in [1.165, 1.54) is 17.0 Å². The Morgan fingerprint density at radius 3 is 2.67 bits per heavy atom. The van der Waals surface area contributed by atoms with Gasteiger partial charge in [-0.1, -0.05) is 41.4 Å². The molecule has 0 aliphatic heterocycles. The molecule has 3 nitrogen and oxygen atoms in total. The molecule has 0 atom stereocenters. The number of hydrogen-bond acceptors (Lipinski definition) is 2. The van der Waals surface area contributed by atoms with E-state index in [-0.39, 0.29) is 28.0 Å². The fourth-order valence-electron chi connectivity index (χ4n) is 2.08. The summed E-state index contributed by atoms with van der Waals surface area (Å²) in [5.41, 5.74) is 0.787. The molecule has 0 N–H and O–H groups in total. The molecule has 0 radical (unpaired) electrons. The van der Waals surface area contributed by atoms with Crippen LogP contribution in [0.4, 0.5) is 4.39 Å². The maximum atomic E-state index is 13.4. The maximum Gasteiger partial charge on any atom is 0.261 e. The number of halogens is 3. The molecule has 0 bridgehead atoms. The van der Waals surface area contributed by atoms with Gasteiger partial charge in [0.25, 0.3) is 5.56 Å². The predicted molar refractivity (Wildman–Crippen MR) is 81.5 cm³/mol. The van der Waals surface area contributed by atoms with Gasteiger partial charge in [0, 0.05) is 11.1 Å². The van der Waals surface area contributed by atoms with E-state index < -0.39 is 5.82 Å². The monoisotopic (exact) mass is 322 g/mol. The lowest BCUT2D eigenvalue weighted by atomic mass is 10.2. The third kappa shape index (κ3) is 2.64. The second-order valence-electron chi connectivity index (χ2n) is 4.55. The van der Waals surface area contributed by atoms with Crippen LogP contribution < -0.4 is 5.56 Å². The van der Waals surface area contributed by atoms with Crippen LogP contribution in [-0.4, -0.2) is 9.55 Å². The van der Waals surface area contributed by atoms with Crippen molar-refractivity contribution in [1.82, 2.24) is 9.55 Å². The van der Waals surface area contributed by atoms with Crippen LogP contribution >= 0.6 is 23.2 Å². The summed E-state index contributed by atoms with van der Waals surface area (Å²) in [5, 5.41) is 0.745. The smallest absolute Gasteiger partial charge is 0.261 e. The molecule has 0 saturated carbocycles. The average Bonchev–Trinajstić information content (AvgIpc) is 2.46. The van der Waals surface area contributed by atoms with Crippen LogP contribution in [0, 0.1) is 5.82 Å².